The van der Waals surface area contributed by atoms with Crippen molar-refractivity contribution in [2.24, 2.45) is 0 Å². The van der Waals surface area contributed by atoms with Crippen LogP contribution in [0.5, 0.6) is 5.75 Å². The Morgan fingerprint density at radius 1 is 0.933 bits per heavy atom. The molecule has 0 atom stereocenters. The Kier molecular flexibility index (Phi) is 7.20. The molecule has 0 saturated carbocycles. The highest BCUT2D eigenvalue weighted by molar-refractivity contribution is 7.92. The molecule has 2 N–H and O–H groups in total. The number of benzene rings is 3. The minimum absolute atomic E-state index is 0.0507. The molecular formula is C21H18Cl2N2O4S. The molecule has 1 amide bonds. The van der Waals surface area contributed by atoms with E-state index in [0.29, 0.717) is 10.8 Å². The lowest BCUT2D eigenvalue weighted by molar-refractivity contribution is 0.0947. The summed E-state index contributed by atoms with van der Waals surface area (Å²) in [4.78, 5) is 12.3. The van der Waals surface area contributed by atoms with Gasteiger partial charge in [0.25, 0.3) is 15.9 Å². The molecular weight excluding hydrogens is 447 g/mol. The van der Waals surface area contributed by atoms with Crippen molar-refractivity contribution < 1.29 is 17.9 Å². The van der Waals surface area contributed by atoms with Gasteiger partial charge in [0.2, 0.25) is 0 Å². The van der Waals surface area contributed by atoms with Gasteiger partial charge in [0.05, 0.1) is 22.2 Å². The maximum Gasteiger partial charge on any atom is 0.261 e. The molecule has 3 aromatic rings. The molecule has 0 aliphatic rings. The molecule has 0 fully saturated rings. The number of sulfonamides is 1. The van der Waals surface area contributed by atoms with E-state index < -0.39 is 15.9 Å². The van der Waals surface area contributed by atoms with Crippen molar-refractivity contribution in [1.82, 2.24) is 5.32 Å². The molecule has 3 rings (SSSR count). The van der Waals surface area contributed by atoms with Gasteiger partial charge in [0.1, 0.15) is 12.4 Å². The highest BCUT2D eigenvalue weighted by atomic mass is 35.5. The van der Waals surface area contributed by atoms with Crippen LogP contribution < -0.4 is 14.8 Å². The zero-order chi connectivity index (χ0) is 21.6. The number of halogens is 2. The summed E-state index contributed by atoms with van der Waals surface area (Å²) in [6.07, 6.45) is 0. The van der Waals surface area contributed by atoms with Crippen molar-refractivity contribution >= 4 is 44.8 Å². The number of amides is 1. The third-order valence-corrected chi connectivity index (χ3v) is 5.90. The summed E-state index contributed by atoms with van der Waals surface area (Å²) in [7, 11) is -3.91. The van der Waals surface area contributed by atoms with Crippen LogP contribution in [0.15, 0.2) is 77.7 Å². The normalized spacial score (nSPS) is 11.0. The third-order valence-electron chi connectivity index (χ3n) is 3.98. The van der Waals surface area contributed by atoms with Crippen LogP contribution in [0.25, 0.3) is 0 Å². The Morgan fingerprint density at radius 3 is 2.47 bits per heavy atom. The van der Waals surface area contributed by atoms with Gasteiger partial charge in [0.15, 0.2) is 0 Å². The van der Waals surface area contributed by atoms with Crippen molar-refractivity contribution in [2.45, 2.75) is 4.90 Å². The number of nitrogens with one attached hydrogen (secondary N) is 2. The number of hydrogen-bond donors (Lipinski definition) is 2. The fourth-order valence-electron chi connectivity index (χ4n) is 2.54. The third kappa shape index (κ3) is 5.89. The number of para-hydroxylation sites is 1. The molecule has 9 heteroatoms. The summed E-state index contributed by atoms with van der Waals surface area (Å²) < 4.78 is 33.2. The zero-order valence-corrected chi connectivity index (χ0v) is 18.0. The first-order valence-electron chi connectivity index (χ1n) is 8.89. The molecule has 3 aromatic carbocycles. The molecule has 0 unspecified atom stereocenters. The molecule has 156 valence electrons. The molecule has 0 aliphatic heterocycles. The van der Waals surface area contributed by atoms with Gasteiger partial charge in [-0.25, -0.2) is 8.42 Å². The van der Waals surface area contributed by atoms with Crippen LogP contribution >= 0.6 is 23.2 Å². The van der Waals surface area contributed by atoms with Crippen LogP contribution in [0.1, 0.15) is 10.4 Å². The van der Waals surface area contributed by atoms with Gasteiger partial charge in [0, 0.05) is 10.6 Å². The summed E-state index contributed by atoms with van der Waals surface area (Å²) in [5.74, 6) is 0.176. The van der Waals surface area contributed by atoms with E-state index in [1.54, 1.807) is 48.5 Å². The Morgan fingerprint density at radius 2 is 1.70 bits per heavy atom. The predicted octanol–water partition coefficient (Wildman–Crippen LogP) is 4.60. The topological polar surface area (TPSA) is 84.5 Å². The smallest absolute Gasteiger partial charge is 0.261 e. The van der Waals surface area contributed by atoms with Gasteiger partial charge in [-0.05, 0) is 48.5 Å². The van der Waals surface area contributed by atoms with Crippen molar-refractivity contribution in [3.63, 3.8) is 0 Å². The Labute approximate surface area is 184 Å². The molecule has 0 radical (unpaired) electrons. The van der Waals surface area contributed by atoms with Crippen LogP contribution in [0.4, 0.5) is 5.69 Å². The Balaban J connectivity index is 1.61. The minimum atomic E-state index is -3.91. The van der Waals surface area contributed by atoms with E-state index in [1.807, 2.05) is 0 Å². The summed E-state index contributed by atoms with van der Waals surface area (Å²) in [6, 6.07) is 19.1. The van der Waals surface area contributed by atoms with E-state index in [-0.39, 0.29) is 34.3 Å². The first kappa shape index (κ1) is 22.0. The second-order valence-corrected chi connectivity index (χ2v) is 8.70. The van der Waals surface area contributed by atoms with Crippen molar-refractivity contribution in [1.29, 1.82) is 0 Å². The predicted molar refractivity (Wildman–Crippen MR) is 118 cm³/mol. The molecule has 30 heavy (non-hydrogen) atoms. The van der Waals surface area contributed by atoms with E-state index in [2.05, 4.69) is 10.0 Å². The SMILES string of the molecule is O=C(NCCOc1cccc(Cl)c1)c1cccc(S(=O)(=O)Nc2ccccc2Cl)c1. The quantitative estimate of drug-likeness (QED) is 0.476. The highest BCUT2D eigenvalue weighted by Gasteiger charge is 2.17. The number of hydrogen-bond acceptors (Lipinski definition) is 4. The Bertz CT molecular complexity index is 1150. The van der Waals surface area contributed by atoms with Crippen LogP contribution in [0.3, 0.4) is 0 Å². The van der Waals surface area contributed by atoms with Crippen molar-refractivity contribution in [3.8, 4) is 5.75 Å². The van der Waals surface area contributed by atoms with Crippen LogP contribution in [-0.4, -0.2) is 27.5 Å². The van der Waals surface area contributed by atoms with Gasteiger partial charge in [-0.3, -0.25) is 9.52 Å². The van der Waals surface area contributed by atoms with Gasteiger partial charge in [-0.15, -0.1) is 0 Å². The number of carbonyl (C=O) groups is 1. The van der Waals surface area contributed by atoms with Crippen LogP contribution in [0.2, 0.25) is 10.0 Å². The van der Waals surface area contributed by atoms with E-state index in [4.69, 9.17) is 27.9 Å². The lowest BCUT2D eigenvalue weighted by atomic mass is 10.2. The molecule has 0 aliphatic carbocycles. The lowest BCUT2D eigenvalue weighted by Crippen LogP contribution is -2.28. The summed E-state index contributed by atoms with van der Waals surface area (Å²) in [6.45, 7) is 0.471. The minimum Gasteiger partial charge on any atom is -0.492 e. The average molecular weight is 465 g/mol. The number of carbonyl (C=O) groups excluding carboxylic acids is 1. The van der Waals surface area contributed by atoms with Crippen molar-refractivity contribution in [2.75, 3.05) is 17.9 Å². The largest absolute Gasteiger partial charge is 0.492 e. The average Bonchev–Trinajstić information content (AvgIpc) is 2.73. The van der Waals surface area contributed by atoms with E-state index >= 15 is 0 Å². The van der Waals surface area contributed by atoms with Crippen LogP contribution in [-0.2, 0) is 10.0 Å². The first-order chi connectivity index (χ1) is 14.3. The maximum atomic E-state index is 12.6. The maximum absolute atomic E-state index is 12.6. The highest BCUT2D eigenvalue weighted by Crippen LogP contribution is 2.24. The second kappa shape index (κ2) is 9.84. The number of ether oxygens (including phenoxy) is 1. The van der Waals surface area contributed by atoms with E-state index in [0.717, 1.165) is 0 Å². The monoisotopic (exact) mass is 464 g/mol. The van der Waals surface area contributed by atoms with E-state index in [1.165, 1.54) is 24.3 Å². The molecule has 6 nitrogen and oxygen atoms in total. The molecule has 0 aromatic heterocycles. The number of rotatable bonds is 8. The molecule has 0 spiro atoms. The van der Waals surface area contributed by atoms with Gasteiger partial charge >= 0.3 is 0 Å². The summed E-state index contributed by atoms with van der Waals surface area (Å²) in [5.41, 5.74) is 0.465. The summed E-state index contributed by atoms with van der Waals surface area (Å²) >= 11 is 11.9. The van der Waals surface area contributed by atoms with Gasteiger partial charge in [-0.2, -0.15) is 0 Å². The van der Waals surface area contributed by atoms with E-state index in [9.17, 15) is 13.2 Å². The van der Waals surface area contributed by atoms with Crippen LogP contribution in [0, 0.1) is 0 Å². The standard InChI is InChI=1S/C21H18Cl2N2O4S/c22-16-6-4-7-17(14-16)29-12-11-24-21(26)15-5-3-8-18(13-15)30(27,28)25-20-10-2-1-9-19(20)23/h1-10,13-14,25H,11-12H2,(H,24,26). The first-order valence-corrected chi connectivity index (χ1v) is 11.1. The van der Waals surface area contributed by atoms with Gasteiger partial charge in [-0.1, -0.05) is 47.5 Å². The molecule has 0 bridgehead atoms. The fourth-order valence-corrected chi connectivity index (χ4v) is 4.09. The van der Waals surface area contributed by atoms with Gasteiger partial charge < -0.3 is 10.1 Å². The fraction of sp³-hybridized carbons (Fsp3) is 0.0952. The summed E-state index contributed by atoms with van der Waals surface area (Å²) in [5, 5.41) is 3.52. The lowest BCUT2D eigenvalue weighted by Gasteiger charge is -2.11. The van der Waals surface area contributed by atoms with Crippen molar-refractivity contribution in [3.05, 3.63) is 88.4 Å². The Hall–Kier alpha value is -2.74. The number of anilines is 1. The molecule has 0 saturated heterocycles. The molecule has 0 heterocycles. The zero-order valence-electron chi connectivity index (χ0n) is 15.6. The second-order valence-electron chi connectivity index (χ2n) is 6.17.